The zero-order chi connectivity index (χ0) is 11.5. The summed E-state index contributed by atoms with van der Waals surface area (Å²) in [6.07, 6.45) is 2.73. The van der Waals surface area contributed by atoms with Crippen molar-refractivity contribution in [3.8, 4) is 0 Å². The van der Waals surface area contributed by atoms with Crippen LogP contribution in [-0.2, 0) is 4.74 Å². The summed E-state index contributed by atoms with van der Waals surface area (Å²) in [6.45, 7) is 6.29. The van der Waals surface area contributed by atoms with Crippen molar-refractivity contribution < 1.29 is 14.9 Å². The molecular weight excluding hydrogens is 192 g/mol. The Labute approximate surface area is 92.4 Å². The summed E-state index contributed by atoms with van der Waals surface area (Å²) in [7, 11) is 0. The minimum absolute atomic E-state index is 0.103. The van der Waals surface area contributed by atoms with Gasteiger partial charge in [-0.25, -0.2) is 0 Å². The van der Waals surface area contributed by atoms with E-state index in [4.69, 9.17) is 4.74 Å². The molecule has 1 aliphatic rings. The van der Waals surface area contributed by atoms with E-state index in [1.54, 1.807) is 0 Å². The van der Waals surface area contributed by atoms with E-state index in [9.17, 15) is 10.2 Å². The van der Waals surface area contributed by atoms with E-state index in [0.29, 0.717) is 18.8 Å². The molecule has 0 aromatic carbocycles. The molecule has 1 rings (SSSR count). The first-order valence-corrected chi connectivity index (χ1v) is 5.96. The van der Waals surface area contributed by atoms with Crippen molar-refractivity contribution in [2.24, 2.45) is 5.92 Å². The molecule has 15 heavy (non-hydrogen) atoms. The van der Waals surface area contributed by atoms with Crippen LogP contribution in [0.15, 0.2) is 0 Å². The second-order valence-electron chi connectivity index (χ2n) is 5.18. The molecule has 3 nitrogen and oxygen atoms in total. The van der Waals surface area contributed by atoms with Crippen molar-refractivity contribution in [1.29, 1.82) is 0 Å². The van der Waals surface area contributed by atoms with Crippen molar-refractivity contribution in [2.75, 3.05) is 6.61 Å². The van der Waals surface area contributed by atoms with Gasteiger partial charge in [0.05, 0.1) is 18.3 Å². The quantitative estimate of drug-likeness (QED) is 0.752. The summed E-state index contributed by atoms with van der Waals surface area (Å²) < 4.78 is 5.34. The highest BCUT2D eigenvalue weighted by Gasteiger charge is 2.38. The monoisotopic (exact) mass is 216 g/mol. The van der Waals surface area contributed by atoms with Crippen LogP contribution < -0.4 is 0 Å². The standard InChI is InChI=1S/C12H24O3/c1-9(2)15-8-11(13)12(14)6-4-10(3)5-7-12/h9-11,13-14H,4-8H2,1-3H3. The normalized spacial score (nSPS) is 34.4. The number of hydrogen-bond donors (Lipinski definition) is 2. The van der Waals surface area contributed by atoms with Gasteiger partial charge in [0.1, 0.15) is 6.10 Å². The average molecular weight is 216 g/mol. The third kappa shape index (κ3) is 3.74. The van der Waals surface area contributed by atoms with Gasteiger partial charge in [-0.2, -0.15) is 0 Å². The molecule has 90 valence electrons. The fourth-order valence-corrected chi connectivity index (χ4v) is 2.03. The van der Waals surface area contributed by atoms with Crippen molar-refractivity contribution in [3.05, 3.63) is 0 Å². The lowest BCUT2D eigenvalue weighted by Gasteiger charge is -2.38. The second-order valence-corrected chi connectivity index (χ2v) is 5.18. The molecule has 0 radical (unpaired) electrons. The fourth-order valence-electron chi connectivity index (χ4n) is 2.03. The third-order valence-corrected chi connectivity index (χ3v) is 3.35. The van der Waals surface area contributed by atoms with Gasteiger partial charge in [-0.15, -0.1) is 0 Å². The summed E-state index contributed by atoms with van der Waals surface area (Å²) in [6, 6.07) is 0. The number of rotatable bonds is 4. The molecular formula is C12H24O3. The Morgan fingerprint density at radius 2 is 1.87 bits per heavy atom. The van der Waals surface area contributed by atoms with Crippen molar-refractivity contribution in [1.82, 2.24) is 0 Å². The molecule has 1 unspecified atom stereocenters. The molecule has 0 aromatic rings. The van der Waals surface area contributed by atoms with Gasteiger partial charge in [-0.1, -0.05) is 6.92 Å². The Balaban J connectivity index is 2.39. The lowest BCUT2D eigenvalue weighted by atomic mass is 9.77. The van der Waals surface area contributed by atoms with E-state index in [0.717, 1.165) is 12.8 Å². The van der Waals surface area contributed by atoms with E-state index in [1.807, 2.05) is 13.8 Å². The smallest absolute Gasteiger partial charge is 0.106 e. The fraction of sp³-hybridized carbons (Fsp3) is 1.00. The molecule has 1 fully saturated rings. The van der Waals surface area contributed by atoms with Crippen LogP contribution >= 0.6 is 0 Å². The van der Waals surface area contributed by atoms with Crippen LogP contribution in [0.4, 0.5) is 0 Å². The molecule has 3 heteroatoms. The second kappa shape index (κ2) is 5.28. The van der Waals surface area contributed by atoms with Gasteiger partial charge in [0.15, 0.2) is 0 Å². The molecule has 1 atom stereocenters. The predicted octanol–water partition coefficient (Wildman–Crippen LogP) is 1.71. The zero-order valence-corrected chi connectivity index (χ0v) is 10.1. The van der Waals surface area contributed by atoms with Crippen LogP contribution in [-0.4, -0.2) is 34.6 Å². The molecule has 1 aliphatic carbocycles. The average Bonchev–Trinajstić information content (AvgIpc) is 2.19. The van der Waals surface area contributed by atoms with Gasteiger partial charge < -0.3 is 14.9 Å². The maximum Gasteiger partial charge on any atom is 0.106 e. The molecule has 0 bridgehead atoms. The summed E-state index contributed by atoms with van der Waals surface area (Å²) in [4.78, 5) is 0. The van der Waals surface area contributed by atoms with Crippen LogP contribution in [0.1, 0.15) is 46.5 Å². The summed E-state index contributed by atoms with van der Waals surface area (Å²) >= 11 is 0. The first kappa shape index (κ1) is 12.9. The first-order chi connectivity index (χ1) is 6.94. The molecule has 1 saturated carbocycles. The van der Waals surface area contributed by atoms with Gasteiger partial charge >= 0.3 is 0 Å². The Hall–Kier alpha value is -0.120. The van der Waals surface area contributed by atoms with E-state index >= 15 is 0 Å². The zero-order valence-electron chi connectivity index (χ0n) is 10.1. The van der Waals surface area contributed by atoms with Gasteiger partial charge in [0, 0.05) is 0 Å². The van der Waals surface area contributed by atoms with Crippen LogP contribution in [0.5, 0.6) is 0 Å². The topological polar surface area (TPSA) is 49.7 Å². The minimum Gasteiger partial charge on any atom is -0.388 e. The van der Waals surface area contributed by atoms with Gasteiger partial charge in [0.25, 0.3) is 0 Å². The minimum atomic E-state index is -0.915. The molecule has 2 N–H and O–H groups in total. The Bertz CT molecular complexity index is 183. The van der Waals surface area contributed by atoms with Gasteiger partial charge in [0.2, 0.25) is 0 Å². The highest BCUT2D eigenvalue weighted by molar-refractivity contribution is 4.90. The maximum atomic E-state index is 10.2. The lowest BCUT2D eigenvalue weighted by molar-refractivity contribution is -0.134. The lowest BCUT2D eigenvalue weighted by Crippen LogP contribution is -2.47. The van der Waals surface area contributed by atoms with Crippen molar-refractivity contribution >= 4 is 0 Å². The van der Waals surface area contributed by atoms with E-state index in [2.05, 4.69) is 6.92 Å². The van der Waals surface area contributed by atoms with Crippen LogP contribution in [0, 0.1) is 5.92 Å². The molecule has 0 spiro atoms. The van der Waals surface area contributed by atoms with E-state index < -0.39 is 11.7 Å². The number of hydrogen-bond acceptors (Lipinski definition) is 3. The SMILES string of the molecule is CC1CCC(O)(C(O)COC(C)C)CC1. The number of aliphatic hydroxyl groups is 2. The molecule has 0 heterocycles. The van der Waals surface area contributed by atoms with Gasteiger partial charge in [-0.05, 0) is 45.4 Å². The van der Waals surface area contributed by atoms with Crippen LogP contribution in [0.25, 0.3) is 0 Å². The Kier molecular flexibility index (Phi) is 4.56. The molecule has 0 aliphatic heterocycles. The third-order valence-electron chi connectivity index (χ3n) is 3.35. The number of ether oxygens (including phenoxy) is 1. The van der Waals surface area contributed by atoms with Crippen molar-refractivity contribution in [3.63, 3.8) is 0 Å². The predicted molar refractivity (Wildman–Crippen MR) is 59.7 cm³/mol. The summed E-state index contributed by atoms with van der Waals surface area (Å²) in [5.74, 6) is 0.670. The maximum absolute atomic E-state index is 10.2. The highest BCUT2D eigenvalue weighted by Crippen LogP contribution is 2.34. The Morgan fingerprint density at radius 1 is 1.33 bits per heavy atom. The van der Waals surface area contributed by atoms with E-state index in [1.165, 1.54) is 0 Å². The van der Waals surface area contributed by atoms with E-state index in [-0.39, 0.29) is 12.7 Å². The molecule has 0 aromatic heterocycles. The highest BCUT2D eigenvalue weighted by atomic mass is 16.5. The van der Waals surface area contributed by atoms with Gasteiger partial charge in [-0.3, -0.25) is 0 Å². The summed E-state index contributed by atoms with van der Waals surface area (Å²) in [5.41, 5.74) is -0.915. The largest absolute Gasteiger partial charge is 0.388 e. The van der Waals surface area contributed by atoms with Crippen LogP contribution in [0.3, 0.4) is 0 Å². The summed E-state index contributed by atoms with van der Waals surface area (Å²) in [5, 5.41) is 20.1. The first-order valence-electron chi connectivity index (χ1n) is 5.96. The molecule has 0 amide bonds. The van der Waals surface area contributed by atoms with Crippen molar-refractivity contribution in [2.45, 2.75) is 64.3 Å². The molecule has 0 saturated heterocycles. The Morgan fingerprint density at radius 3 is 2.33 bits per heavy atom. The number of aliphatic hydroxyl groups excluding tert-OH is 1. The van der Waals surface area contributed by atoms with Crippen LogP contribution in [0.2, 0.25) is 0 Å².